The normalized spacial score (nSPS) is 14.2. The highest BCUT2D eigenvalue weighted by molar-refractivity contribution is 6.30. The third-order valence-corrected chi connectivity index (χ3v) is 5.92. The van der Waals surface area contributed by atoms with Crippen LogP contribution < -0.4 is 26.5 Å². The summed E-state index contributed by atoms with van der Waals surface area (Å²) in [7, 11) is 0. The third-order valence-electron chi connectivity index (χ3n) is 5.69. The zero-order valence-corrected chi connectivity index (χ0v) is 19.1. The largest absolute Gasteiger partial charge is 0.487 e. The second-order valence-electron chi connectivity index (χ2n) is 8.13. The highest BCUT2D eigenvalue weighted by atomic mass is 35.5. The molecule has 1 aliphatic rings. The summed E-state index contributed by atoms with van der Waals surface area (Å²) in [5.74, 6) is 1.02. The first kappa shape index (κ1) is 23.1. The molecule has 8 nitrogen and oxygen atoms in total. The van der Waals surface area contributed by atoms with Crippen LogP contribution in [0.3, 0.4) is 0 Å². The van der Waals surface area contributed by atoms with Crippen LogP contribution in [0.15, 0.2) is 58.4 Å². The molecule has 0 atom stereocenters. The first-order chi connectivity index (χ1) is 16.1. The number of nitrogens with zero attached hydrogens (tertiary/aromatic N) is 2. The minimum Gasteiger partial charge on any atom is -0.487 e. The third kappa shape index (κ3) is 6.46. The highest BCUT2D eigenvalue weighted by Crippen LogP contribution is 2.17. The van der Waals surface area contributed by atoms with Gasteiger partial charge in [0.1, 0.15) is 23.9 Å². The molecule has 3 aromatic heterocycles. The fourth-order valence-corrected chi connectivity index (χ4v) is 4.05. The Balaban J connectivity index is 1.33. The van der Waals surface area contributed by atoms with Crippen molar-refractivity contribution in [3.05, 3.63) is 80.2 Å². The number of hydrogen-bond acceptors (Lipinski definition) is 6. The lowest BCUT2D eigenvalue weighted by atomic mass is 9.95. The molecule has 3 aromatic rings. The Morgan fingerprint density at radius 1 is 1.09 bits per heavy atom. The molecule has 1 aliphatic carbocycles. The van der Waals surface area contributed by atoms with Gasteiger partial charge in [-0.1, -0.05) is 30.9 Å². The molecule has 0 radical (unpaired) electrons. The fourth-order valence-electron chi connectivity index (χ4n) is 3.94. The molecule has 0 aromatic carbocycles. The van der Waals surface area contributed by atoms with E-state index in [2.05, 4.69) is 20.6 Å². The van der Waals surface area contributed by atoms with Gasteiger partial charge in [0.2, 0.25) is 0 Å². The molecule has 0 saturated heterocycles. The van der Waals surface area contributed by atoms with Crippen LogP contribution in [0.5, 0.6) is 5.75 Å². The maximum atomic E-state index is 12.6. The number of aromatic amines is 1. The number of pyridine rings is 3. The summed E-state index contributed by atoms with van der Waals surface area (Å²) >= 11 is 5.83. The van der Waals surface area contributed by atoms with E-state index in [0.717, 1.165) is 6.54 Å². The van der Waals surface area contributed by atoms with E-state index in [9.17, 15) is 9.59 Å². The quantitative estimate of drug-likeness (QED) is 0.415. The fraction of sp³-hybridized carbons (Fsp3) is 0.375. The van der Waals surface area contributed by atoms with Gasteiger partial charge in [-0.3, -0.25) is 19.1 Å². The van der Waals surface area contributed by atoms with Gasteiger partial charge in [-0.05, 0) is 43.2 Å². The number of H-pyrrole nitrogens is 1. The Hall–Kier alpha value is -3.10. The predicted octanol–water partition coefficient (Wildman–Crippen LogP) is 3.49. The minimum absolute atomic E-state index is 0.206. The monoisotopic (exact) mass is 469 g/mol. The van der Waals surface area contributed by atoms with Crippen molar-refractivity contribution in [3.8, 4) is 11.4 Å². The van der Waals surface area contributed by atoms with Crippen molar-refractivity contribution in [3.63, 3.8) is 0 Å². The lowest BCUT2D eigenvalue weighted by Gasteiger charge is -2.22. The number of anilines is 1. The zero-order chi connectivity index (χ0) is 23.0. The van der Waals surface area contributed by atoms with Gasteiger partial charge in [0.15, 0.2) is 0 Å². The van der Waals surface area contributed by atoms with Gasteiger partial charge in [0, 0.05) is 37.6 Å². The van der Waals surface area contributed by atoms with Crippen molar-refractivity contribution in [1.29, 1.82) is 0 Å². The van der Waals surface area contributed by atoms with Crippen LogP contribution >= 0.6 is 11.6 Å². The SMILES string of the molecule is O=c1[nH]c(NCCNC2CCCCC2)ccc1-n1ccc(OCc2ccc(Cl)cn2)cc1=O. The summed E-state index contributed by atoms with van der Waals surface area (Å²) in [5, 5.41) is 7.33. The number of halogens is 1. The highest BCUT2D eigenvalue weighted by Gasteiger charge is 2.12. The molecule has 0 unspecified atom stereocenters. The van der Waals surface area contributed by atoms with Gasteiger partial charge in [-0.15, -0.1) is 0 Å². The minimum atomic E-state index is -0.362. The predicted molar refractivity (Wildman–Crippen MR) is 130 cm³/mol. The first-order valence-electron chi connectivity index (χ1n) is 11.3. The van der Waals surface area contributed by atoms with E-state index in [1.54, 1.807) is 30.3 Å². The van der Waals surface area contributed by atoms with Gasteiger partial charge < -0.3 is 20.4 Å². The van der Waals surface area contributed by atoms with E-state index < -0.39 is 0 Å². The maximum Gasteiger partial charge on any atom is 0.273 e. The van der Waals surface area contributed by atoms with Crippen molar-refractivity contribution in [2.75, 3.05) is 18.4 Å². The average molecular weight is 470 g/mol. The first-order valence-corrected chi connectivity index (χ1v) is 11.6. The van der Waals surface area contributed by atoms with Crippen LogP contribution in [0.4, 0.5) is 5.82 Å². The van der Waals surface area contributed by atoms with E-state index in [1.807, 2.05) is 0 Å². The molecule has 3 heterocycles. The number of ether oxygens (including phenoxy) is 1. The maximum absolute atomic E-state index is 12.6. The van der Waals surface area contributed by atoms with E-state index in [1.165, 1.54) is 55.1 Å². The zero-order valence-electron chi connectivity index (χ0n) is 18.4. The average Bonchev–Trinajstić information content (AvgIpc) is 2.83. The van der Waals surface area contributed by atoms with Gasteiger partial charge in [-0.2, -0.15) is 0 Å². The Morgan fingerprint density at radius 3 is 2.67 bits per heavy atom. The summed E-state index contributed by atoms with van der Waals surface area (Å²) in [6.07, 6.45) is 9.47. The van der Waals surface area contributed by atoms with Gasteiger partial charge >= 0.3 is 0 Å². The molecule has 33 heavy (non-hydrogen) atoms. The molecule has 3 N–H and O–H groups in total. The topological polar surface area (TPSA) is 101 Å². The molecular weight excluding hydrogens is 442 g/mol. The van der Waals surface area contributed by atoms with Crippen molar-refractivity contribution >= 4 is 17.4 Å². The molecule has 1 saturated carbocycles. The lowest BCUT2D eigenvalue weighted by molar-refractivity contribution is 0.300. The number of nitrogens with one attached hydrogen (secondary N) is 3. The Kier molecular flexibility index (Phi) is 7.80. The molecule has 0 aliphatic heterocycles. The Morgan fingerprint density at radius 2 is 1.94 bits per heavy atom. The molecule has 1 fully saturated rings. The van der Waals surface area contributed by atoms with Crippen LogP contribution in [0.25, 0.3) is 5.69 Å². The Bertz CT molecular complexity index is 1170. The van der Waals surface area contributed by atoms with Crippen LogP contribution in [-0.4, -0.2) is 33.7 Å². The van der Waals surface area contributed by atoms with Crippen molar-refractivity contribution in [2.24, 2.45) is 0 Å². The summed E-state index contributed by atoms with van der Waals surface area (Å²) in [6.45, 7) is 1.75. The van der Waals surface area contributed by atoms with E-state index in [0.29, 0.717) is 34.9 Å². The lowest BCUT2D eigenvalue weighted by Crippen LogP contribution is -2.34. The summed E-state index contributed by atoms with van der Waals surface area (Å²) < 4.78 is 6.92. The van der Waals surface area contributed by atoms with Gasteiger partial charge in [0.25, 0.3) is 11.1 Å². The molecular formula is C24H28ClN5O3. The van der Waals surface area contributed by atoms with Crippen LogP contribution in [0.1, 0.15) is 37.8 Å². The second kappa shape index (κ2) is 11.2. The van der Waals surface area contributed by atoms with Crippen LogP contribution in [-0.2, 0) is 6.61 Å². The van der Waals surface area contributed by atoms with E-state index >= 15 is 0 Å². The number of rotatable bonds is 9. The van der Waals surface area contributed by atoms with Crippen molar-refractivity contribution in [2.45, 2.75) is 44.8 Å². The van der Waals surface area contributed by atoms with Crippen LogP contribution in [0, 0.1) is 0 Å². The molecule has 0 amide bonds. The van der Waals surface area contributed by atoms with Crippen molar-refractivity contribution in [1.82, 2.24) is 19.9 Å². The van der Waals surface area contributed by atoms with Gasteiger partial charge in [0.05, 0.1) is 10.7 Å². The standard InChI is InChI=1S/C24H28ClN5O3/c25-17-6-7-19(28-15-17)16-33-20-10-13-30(23(31)14-20)21-8-9-22(29-24(21)32)27-12-11-26-18-4-2-1-3-5-18/h6-10,13-15,18,26H,1-5,11-12,16H2,(H2,27,29,32). The second-order valence-corrected chi connectivity index (χ2v) is 8.57. The molecule has 174 valence electrons. The van der Waals surface area contributed by atoms with Crippen molar-refractivity contribution < 1.29 is 4.74 Å². The smallest absolute Gasteiger partial charge is 0.273 e. The molecule has 4 rings (SSSR count). The molecule has 9 heteroatoms. The van der Waals surface area contributed by atoms with Crippen LogP contribution in [0.2, 0.25) is 5.02 Å². The van der Waals surface area contributed by atoms with E-state index in [-0.39, 0.29) is 23.4 Å². The van der Waals surface area contributed by atoms with E-state index in [4.69, 9.17) is 16.3 Å². The summed E-state index contributed by atoms with van der Waals surface area (Å²) in [6, 6.07) is 10.5. The number of hydrogen-bond donors (Lipinski definition) is 3. The van der Waals surface area contributed by atoms with Gasteiger partial charge in [-0.25, -0.2) is 0 Å². The Labute approximate surface area is 197 Å². The summed E-state index contributed by atoms with van der Waals surface area (Å²) in [5.41, 5.74) is 0.231. The molecule has 0 bridgehead atoms. The summed E-state index contributed by atoms with van der Waals surface area (Å²) in [4.78, 5) is 32.1. The molecule has 0 spiro atoms. The number of aromatic nitrogens is 3.